The molecule has 98 valence electrons. The fraction of sp³-hybridized carbons (Fsp3) is 0.333. The molecule has 0 saturated carbocycles. The van der Waals surface area contributed by atoms with Crippen molar-refractivity contribution >= 4 is 23.5 Å². The molecule has 0 radical (unpaired) electrons. The van der Waals surface area contributed by atoms with Crippen molar-refractivity contribution in [2.45, 2.75) is 12.5 Å². The summed E-state index contributed by atoms with van der Waals surface area (Å²) in [6.45, 7) is -0.0728. The van der Waals surface area contributed by atoms with E-state index in [0.29, 0.717) is 5.02 Å². The zero-order valence-corrected chi connectivity index (χ0v) is 10.6. The third-order valence-corrected chi connectivity index (χ3v) is 2.46. The van der Waals surface area contributed by atoms with Crippen molar-refractivity contribution in [3.05, 3.63) is 34.9 Å². The number of amides is 1. The van der Waals surface area contributed by atoms with Gasteiger partial charge in [0.2, 0.25) is 5.91 Å². The minimum atomic E-state index is -1.13. The summed E-state index contributed by atoms with van der Waals surface area (Å²) in [7, 11) is 1.37. The number of rotatable bonds is 6. The van der Waals surface area contributed by atoms with Gasteiger partial charge < -0.3 is 15.2 Å². The molecule has 1 aromatic rings. The van der Waals surface area contributed by atoms with Gasteiger partial charge in [0.25, 0.3) is 0 Å². The second-order valence-electron chi connectivity index (χ2n) is 3.72. The molecule has 5 nitrogen and oxygen atoms in total. The highest BCUT2D eigenvalue weighted by Crippen LogP contribution is 2.11. The molecule has 0 bridgehead atoms. The van der Waals surface area contributed by atoms with E-state index in [1.54, 1.807) is 24.3 Å². The van der Waals surface area contributed by atoms with E-state index in [9.17, 15) is 9.59 Å². The maximum atomic E-state index is 11.6. The van der Waals surface area contributed by atoms with Gasteiger partial charge >= 0.3 is 5.97 Å². The fourth-order valence-corrected chi connectivity index (χ4v) is 1.63. The largest absolute Gasteiger partial charge is 0.480 e. The Hall–Kier alpha value is -1.59. The van der Waals surface area contributed by atoms with E-state index in [4.69, 9.17) is 21.4 Å². The first-order valence-electron chi connectivity index (χ1n) is 5.28. The SMILES string of the molecule is COCC(NC(=O)Cc1cccc(Cl)c1)C(=O)O. The summed E-state index contributed by atoms with van der Waals surface area (Å²) in [6, 6.07) is 5.80. The van der Waals surface area contributed by atoms with Crippen molar-refractivity contribution < 1.29 is 19.4 Å². The molecule has 6 heteroatoms. The average Bonchev–Trinajstić information content (AvgIpc) is 2.28. The van der Waals surface area contributed by atoms with Crippen molar-refractivity contribution in [1.82, 2.24) is 5.32 Å². The quantitative estimate of drug-likeness (QED) is 0.812. The highest BCUT2D eigenvalue weighted by atomic mass is 35.5. The van der Waals surface area contributed by atoms with E-state index >= 15 is 0 Å². The van der Waals surface area contributed by atoms with Crippen LogP contribution in [-0.2, 0) is 20.7 Å². The number of carboxylic acids is 1. The first-order chi connectivity index (χ1) is 8.52. The molecule has 1 amide bonds. The Morgan fingerprint density at radius 3 is 2.78 bits per heavy atom. The summed E-state index contributed by atoms with van der Waals surface area (Å²) in [5, 5.41) is 11.8. The van der Waals surface area contributed by atoms with Crippen LogP contribution in [0.1, 0.15) is 5.56 Å². The summed E-state index contributed by atoms with van der Waals surface area (Å²) >= 11 is 5.79. The zero-order valence-electron chi connectivity index (χ0n) is 9.85. The van der Waals surface area contributed by atoms with Gasteiger partial charge in [-0.2, -0.15) is 0 Å². The van der Waals surface area contributed by atoms with Gasteiger partial charge in [0.05, 0.1) is 13.0 Å². The van der Waals surface area contributed by atoms with Crippen molar-refractivity contribution in [3.63, 3.8) is 0 Å². The van der Waals surface area contributed by atoms with Crippen LogP contribution in [0.25, 0.3) is 0 Å². The minimum absolute atomic E-state index is 0.0728. The number of ether oxygens (including phenoxy) is 1. The molecule has 1 rings (SSSR count). The molecule has 1 atom stereocenters. The Bertz CT molecular complexity index is 436. The molecular weight excluding hydrogens is 258 g/mol. The van der Waals surface area contributed by atoms with E-state index in [-0.39, 0.29) is 18.9 Å². The van der Waals surface area contributed by atoms with Crippen molar-refractivity contribution in [1.29, 1.82) is 0 Å². The van der Waals surface area contributed by atoms with Gasteiger partial charge in [-0.1, -0.05) is 23.7 Å². The smallest absolute Gasteiger partial charge is 0.328 e. The predicted molar refractivity (Wildman–Crippen MR) is 66.6 cm³/mol. The standard InChI is InChI=1S/C12H14ClNO4/c1-18-7-10(12(16)17)14-11(15)6-8-3-2-4-9(13)5-8/h2-5,10H,6-7H2,1H3,(H,14,15)(H,16,17). The number of halogens is 1. The number of carbonyl (C=O) groups is 2. The van der Waals surface area contributed by atoms with Crippen LogP contribution in [0.3, 0.4) is 0 Å². The first-order valence-corrected chi connectivity index (χ1v) is 5.66. The van der Waals surface area contributed by atoms with Crippen LogP contribution >= 0.6 is 11.6 Å². The molecule has 1 aromatic carbocycles. The van der Waals surface area contributed by atoms with E-state index in [2.05, 4.69) is 5.32 Å². The minimum Gasteiger partial charge on any atom is -0.480 e. The topological polar surface area (TPSA) is 75.6 Å². The van der Waals surface area contributed by atoms with E-state index in [1.807, 2.05) is 0 Å². The summed E-state index contributed by atoms with van der Waals surface area (Å²) in [6.07, 6.45) is 0.0774. The number of hydrogen-bond acceptors (Lipinski definition) is 3. The molecule has 0 aliphatic heterocycles. The Kier molecular flexibility index (Phi) is 5.61. The molecule has 0 spiro atoms. The van der Waals surface area contributed by atoms with Crippen LogP contribution in [0.15, 0.2) is 24.3 Å². The number of benzene rings is 1. The Labute approximate surface area is 110 Å². The maximum absolute atomic E-state index is 11.6. The lowest BCUT2D eigenvalue weighted by Crippen LogP contribution is -2.44. The van der Waals surface area contributed by atoms with Crippen LogP contribution in [-0.4, -0.2) is 36.7 Å². The average molecular weight is 272 g/mol. The molecular formula is C12H14ClNO4. The molecule has 2 N–H and O–H groups in total. The summed E-state index contributed by atoms with van der Waals surface area (Å²) in [4.78, 5) is 22.5. The molecule has 1 unspecified atom stereocenters. The number of aliphatic carboxylic acids is 1. The molecule has 0 aromatic heterocycles. The van der Waals surface area contributed by atoms with Crippen LogP contribution in [0.2, 0.25) is 5.02 Å². The van der Waals surface area contributed by atoms with Crippen LogP contribution in [0.5, 0.6) is 0 Å². The first kappa shape index (κ1) is 14.5. The number of nitrogens with one attached hydrogen (secondary N) is 1. The second-order valence-corrected chi connectivity index (χ2v) is 4.16. The van der Waals surface area contributed by atoms with Gasteiger partial charge in [-0.05, 0) is 17.7 Å². The maximum Gasteiger partial charge on any atom is 0.328 e. The van der Waals surface area contributed by atoms with E-state index < -0.39 is 12.0 Å². The van der Waals surface area contributed by atoms with Crippen LogP contribution < -0.4 is 5.32 Å². The van der Waals surface area contributed by atoms with E-state index in [1.165, 1.54) is 7.11 Å². The van der Waals surface area contributed by atoms with Gasteiger partial charge in [0.15, 0.2) is 6.04 Å². The van der Waals surface area contributed by atoms with Gasteiger partial charge in [0, 0.05) is 12.1 Å². The lowest BCUT2D eigenvalue weighted by atomic mass is 10.1. The van der Waals surface area contributed by atoms with Crippen molar-refractivity contribution in [3.8, 4) is 0 Å². The predicted octanol–water partition coefficient (Wildman–Crippen LogP) is 1.10. The fourth-order valence-electron chi connectivity index (χ4n) is 1.42. The number of methoxy groups -OCH3 is 1. The molecule has 0 aliphatic rings. The second kappa shape index (κ2) is 6.98. The summed E-state index contributed by atoms with van der Waals surface area (Å²) in [5.74, 6) is -1.52. The number of carbonyl (C=O) groups excluding carboxylic acids is 1. The van der Waals surface area contributed by atoms with Gasteiger partial charge in [0.1, 0.15) is 0 Å². The van der Waals surface area contributed by atoms with Gasteiger partial charge in [-0.3, -0.25) is 4.79 Å². The van der Waals surface area contributed by atoms with E-state index in [0.717, 1.165) is 5.56 Å². The molecule has 0 heterocycles. The molecule has 0 aliphatic carbocycles. The molecule has 18 heavy (non-hydrogen) atoms. The van der Waals surface area contributed by atoms with Crippen molar-refractivity contribution in [2.75, 3.05) is 13.7 Å². The van der Waals surface area contributed by atoms with Crippen LogP contribution in [0.4, 0.5) is 0 Å². The summed E-state index contributed by atoms with van der Waals surface area (Å²) < 4.78 is 4.72. The van der Waals surface area contributed by atoms with Crippen molar-refractivity contribution in [2.24, 2.45) is 0 Å². The van der Waals surface area contributed by atoms with Crippen LogP contribution in [0, 0.1) is 0 Å². The highest BCUT2D eigenvalue weighted by molar-refractivity contribution is 6.30. The molecule has 0 saturated heterocycles. The summed E-state index contributed by atoms with van der Waals surface area (Å²) in [5.41, 5.74) is 0.724. The Morgan fingerprint density at radius 1 is 1.50 bits per heavy atom. The Morgan fingerprint density at radius 2 is 2.22 bits per heavy atom. The number of hydrogen-bond donors (Lipinski definition) is 2. The van der Waals surface area contributed by atoms with Gasteiger partial charge in [-0.15, -0.1) is 0 Å². The van der Waals surface area contributed by atoms with Gasteiger partial charge in [-0.25, -0.2) is 4.79 Å². The Balaban J connectivity index is 2.57. The number of carboxylic acid groups (broad SMARTS) is 1. The molecule has 0 fully saturated rings. The normalized spacial score (nSPS) is 11.9. The highest BCUT2D eigenvalue weighted by Gasteiger charge is 2.19. The monoisotopic (exact) mass is 271 g/mol. The lowest BCUT2D eigenvalue weighted by molar-refractivity contribution is -0.143. The third kappa shape index (κ3) is 4.73. The lowest BCUT2D eigenvalue weighted by Gasteiger charge is -2.13. The third-order valence-electron chi connectivity index (χ3n) is 2.22. The zero-order chi connectivity index (χ0) is 13.5.